The van der Waals surface area contributed by atoms with E-state index in [0.29, 0.717) is 10.4 Å². The van der Waals surface area contributed by atoms with Crippen molar-refractivity contribution < 1.29 is 13.6 Å². The average molecular weight is 396 g/mol. The minimum absolute atomic E-state index is 0.00127. The first-order valence-corrected chi connectivity index (χ1v) is 8.38. The quantitative estimate of drug-likeness (QED) is 0.544. The van der Waals surface area contributed by atoms with Gasteiger partial charge < -0.3 is 11.1 Å². The molecule has 2 aromatic heterocycles. The molecule has 2 heterocycles. The number of rotatable bonds is 4. The third kappa shape index (κ3) is 3.40. The Hall–Kier alpha value is -4.15. The predicted octanol–water partition coefficient (Wildman–Crippen LogP) is 2.46. The molecule has 29 heavy (non-hydrogen) atoms. The number of nitrogen functional groups attached to an aromatic ring is 1. The zero-order valence-electron chi connectivity index (χ0n) is 15.0. The maximum Gasteiger partial charge on any atom is 0.287 e. The molecule has 4 aromatic rings. The van der Waals surface area contributed by atoms with Gasteiger partial charge in [0.05, 0.1) is 0 Å². The predicted molar refractivity (Wildman–Crippen MR) is 99.9 cm³/mol. The van der Waals surface area contributed by atoms with Gasteiger partial charge in [-0.25, -0.2) is 8.78 Å². The molecule has 0 spiro atoms. The molecule has 0 saturated carbocycles. The van der Waals surface area contributed by atoms with E-state index in [4.69, 9.17) is 5.73 Å². The van der Waals surface area contributed by atoms with E-state index in [1.807, 2.05) is 0 Å². The number of hydrogen-bond donors (Lipinski definition) is 2. The molecule has 3 N–H and O–H groups in total. The highest BCUT2D eigenvalue weighted by molar-refractivity contribution is 5.97. The van der Waals surface area contributed by atoms with Crippen LogP contribution in [0.5, 0.6) is 0 Å². The van der Waals surface area contributed by atoms with Gasteiger partial charge in [-0.3, -0.25) is 9.36 Å². The number of hydrogen-bond acceptors (Lipinski definition) is 7. The van der Waals surface area contributed by atoms with E-state index in [1.54, 1.807) is 41.5 Å². The van der Waals surface area contributed by atoms with Gasteiger partial charge in [-0.2, -0.15) is 9.67 Å². The summed E-state index contributed by atoms with van der Waals surface area (Å²) in [6, 6.07) is 9.34. The number of aryl methyl sites for hydroxylation is 1. The van der Waals surface area contributed by atoms with Gasteiger partial charge in [-0.1, -0.05) is 6.07 Å². The molecule has 0 radical (unpaired) electrons. The highest BCUT2D eigenvalue weighted by Crippen LogP contribution is 2.21. The van der Waals surface area contributed by atoms with Crippen molar-refractivity contribution in [2.24, 2.45) is 0 Å². The molecule has 0 fully saturated rings. The summed E-state index contributed by atoms with van der Waals surface area (Å²) in [4.78, 5) is 16.5. The maximum atomic E-state index is 14.2. The number of nitrogens with one attached hydrogen (secondary N) is 1. The Labute approximate surface area is 162 Å². The van der Waals surface area contributed by atoms with Crippen LogP contribution < -0.4 is 11.1 Å². The number of halogens is 2. The van der Waals surface area contributed by atoms with Crippen molar-refractivity contribution in [3.05, 3.63) is 71.8 Å². The van der Waals surface area contributed by atoms with Crippen LogP contribution in [0.15, 0.2) is 49.1 Å². The zero-order chi connectivity index (χ0) is 20.5. The largest absolute Gasteiger partial charge is 0.368 e. The Bertz CT molecular complexity index is 1190. The highest BCUT2D eigenvalue weighted by Gasteiger charge is 2.24. The van der Waals surface area contributed by atoms with Crippen LogP contribution in [0.2, 0.25) is 0 Å². The summed E-state index contributed by atoms with van der Waals surface area (Å²) in [7, 11) is 0. The van der Waals surface area contributed by atoms with Crippen LogP contribution in [0.4, 0.5) is 26.4 Å². The number of anilines is 3. The second kappa shape index (κ2) is 7.11. The lowest BCUT2D eigenvalue weighted by molar-refractivity contribution is 0.0939. The lowest BCUT2D eigenvalue weighted by Crippen LogP contribution is -2.20. The minimum atomic E-state index is -1.05. The first kappa shape index (κ1) is 18.2. The smallest absolute Gasteiger partial charge is 0.287 e. The number of carbonyl (C=O) groups excluding carboxylic acids is 1. The molecule has 0 bridgehead atoms. The van der Waals surface area contributed by atoms with Crippen LogP contribution in [0.25, 0.3) is 5.69 Å². The van der Waals surface area contributed by atoms with Gasteiger partial charge in [0, 0.05) is 11.4 Å². The average Bonchev–Trinajstić information content (AvgIpc) is 3.36. The Morgan fingerprint density at radius 3 is 2.45 bits per heavy atom. The van der Waals surface area contributed by atoms with Gasteiger partial charge in [0.15, 0.2) is 0 Å². The van der Waals surface area contributed by atoms with Crippen molar-refractivity contribution in [3.8, 4) is 5.69 Å². The first-order chi connectivity index (χ1) is 13.9. The van der Waals surface area contributed by atoms with Crippen molar-refractivity contribution in [1.29, 1.82) is 0 Å². The number of aromatic nitrogens is 6. The number of nitrogens with zero attached hydrogens (tertiary/aromatic N) is 6. The lowest BCUT2D eigenvalue weighted by Gasteiger charge is -2.06. The van der Waals surface area contributed by atoms with Crippen LogP contribution in [0, 0.1) is 18.6 Å². The molecule has 146 valence electrons. The normalized spacial score (nSPS) is 10.9. The summed E-state index contributed by atoms with van der Waals surface area (Å²) < 4.78 is 30.6. The fraction of sp³-hybridized carbons (Fsp3) is 0.0556. The third-order valence-electron chi connectivity index (χ3n) is 4.16. The number of carbonyl (C=O) groups is 1. The summed E-state index contributed by atoms with van der Waals surface area (Å²) in [5.74, 6) is -3.33. The van der Waals surface area contributed by atoms with Crippen molar-refractivity contribution >= 4 is 23.5 Å². The molecule has 0 amide bonds. The van der Waals surface area contributed by atoms with Gasteiger partial charge in [0.1, 0.15) is 29.9 Å². The van der Waals surface area contributed by atoms with Crippen molar-refractivity contribution in [2.75, 3.05) is 11.1 Å². The van der Waals surface area contributed by atoms with Crippen molar-refractivity contribution in [1.82, 2.24) is 29.5 Å². The number of benzene rings is 2. The van der Waals surface area contributed by atoms with E-state index in [1.165, 1.54) is 13.0 Å². The van der Waals surface area contributed by atoms with Crippen LogP contribution in [-0.2, 0) is 0 Å². The molecule has 9 nitrogen and oxygen atoms in total. The van der Waals surface area contributed by atoms with Gasteiger partial charge in [-0.15, -0.1) is 15.3 Å². The molecule has 4 rings (SSSR count). The lowest BCUT2D eigenvalue weighted by atomic mass is 10.1. The van der Waals surface area contributed by atoms with Gasteiger partial charge in [0.25, 0.3) is 5.91 Å². The summed E-state index contributed by atoms with van der Waals surface area (Å²) in [6.45, 7) is 1.42. The Balaban J connectivity index is 1.59. The van der Waals surface area contributed by atoms with Crippen LogP contribution in [0.1, 0.15) is 15.9 Å². The van der Waals surface area contributed by atoms with E-state index in [0.717, 1.165) is 11.8 Å². The molecule has 0 aliphatic heterocycles. The Morgan fingerprint density at radius 2 is 1.76 bits per heavy atom. The maximum absolute atomic E-state index is 14.2. The van der Waals surface area contributed by atoms with Crippen LogP contribution >= 0.6 is 0 Å². The second-order valence-electron chi connectivity index (χ2n) is 6.10. The summed E-state index contributed by atoms with van der Waals surface area (Å²) >= 11 is 0. The van der Waals surface area contributed by atoms with Crippen LogP contribution in [-0.4, -0.2) is 35.4 Å². The molecular weight excluding hydrogens is 382 g/mol. The summed E-state index contributed by atoms with van der Waals surface area (Å²) in [5.41, 5.74) is 6.55. The van der Waals surface area contributed by atoms with E-state index in [9.17, 15) is 13.6 Å². The van der Waals surface area contributed by atoms with Gasteiger partial charge >= 0.3 is 0 Å². The van der Waals surface area contributed by atoms with Crippen LogP contribution in [0.3, 0.4) is 0 Å². The standard InChI is InChI=1S/C18H14F2N8O/c1-10-2-7-13(19)14(15(10)20)16(29)28-17(21)25-18(26-28)24-11-3-5-12(6-4-11)27-8-22-23-9-27/h2-9H,1H3,(H3,21,24,25,26). The van der Waals surface area contributed by atoms with Crippen molar-refractivity contribution in [3.63, 3.8) is 0 Å². The Kier molecular flexibility index (Phi) is 4.47. The topological polar surface area (TPSA) is 117 Å². The van der Waals surface area contributed by atoms with Gasteiger partial charge in [-0.05, 0) is 42.8 Å². The zero-order valence-corrected chi connectivity index (χ0v) is 15.0. The number of nitrogens with two attached hydrogens (primary N) is 1. The second-order valence-corrected chi connectivity index (χ2v) is 6.10. The molecule has 2 aromatic carbocycles. The highest BCUT2D eigenvalue weighted by atomic mass is 19.1. The summed E-state index contributed by atoms with van der Waals surface area (Å²) in [5, 5.41) is 14.3. The third-order valence-corrected chi connectivity index (χ3v) is 4.16. The first-order valence-electron chi connectivity index (χ1n) is 8.38. The molecule has 0 aliphatic rings. The van der Waals surface area contributed by atoms with E-state index < -0.39 is 23.1 Å². The van der Waals surface area contributed by atoms with E-state index >= 15 is 0 Å². The van der Waals surface area contributed by atoms with Gasteiger partial charge in [0.2, 0.25) is 11.9 Å². The Morgan fingerprint density at radius 1 is 1.07 bits per heavy atom. The van der Waals surface area contributed by atoms with Crippen molar-refractivity contribution in [2.45, 2.75) is 6.92 Å². The van der Waals surface area contributed by atoms with E-state index in [-0.39, 0.29) is 17.5 Å². The molecule has 0 unspecified atom stereocenters. The van der Waals surface area contributed by atoms with E-state index in [2.05, 4.69) is 25.6 Å². The molecular formula is C18H14F2N8O. The molecule has 0 atom stereocenters. The SMILES string of the molecule is Cc1ccc(F)c(C(=O)n2nc(Nc3ccc(-n4cnnc4)cc3)nc2N)c1F. The fourth-order valence-corrected chi connectivity index (χ4v) is 2.67. The summed E-state index contributed by atoms with van der Waals surface area (Å²) in [6.07, 6.45) is 3.11. The minimum Gasteiger partial charge on any atom is -0.368 e. The fourth-order valence-electron chi connectivity index (χ4n) is 2.67. The molecule has 11 heteroatoms. The molecule has 0 saturated heterocycles. The monoisotopic (exact) mass is 396 g/mol. The molecule has 0 aliphatic carbocycles.